The lowest BCUT2D eigenvalue weighted by molar-refractivity contribution is 0.586. The number of H-pyrrole nitrogens is 1. The molecule has 0 aliphatic carbocycles. The van der Waals surface area contributed by atoms with Crippen molar-refractivity contribution < 1.29 is 4.39 Å². The molecule has 7 nitrogen and oxygen atoms in total. The number of aromatic amines is 1. The van der Waals surface area contributed by atoms with Gasteiger partial charge >= 0.3 is 0 Å². The summed E-state index contributed by atoms with van der Waals surface area (Å²) in [4.78, 5) is 19.9. The Morgan fingerprint density at radius 1 is 1.20 bits per heavy atom. The number of halogens is 1. The average Bonchev–Trinajstić information content (AvgIpc) is 3.27. The van der Waals surface area contributed by atoms with Crippen LogP contribution in [0.2, 0.25) is 0 Å². The molecule has 25 heavy (non-hydrogen) atoms. The average molecular weight is 354 g/mol. The fourth-order valence-electron chi connectivity index (χ4n) is 2.32. The van der Waals surface area contributed by atoms with E-state index in [4.69, 9.17) is 0 Å². The van der Waals surface area contributed by atoms with E-state index in [0.29, 0.717) is 27.9 Å². The van der Waals surface area contributed by atoms with Crippen LogP contribution in [0, 0.1) is 5.82 Å². The van der Waals surface area contributed by atoms with Gasteiger partial charge in [0, 0.05) is 23.2 Å². The van der Waals surface area contributed by atoms with Crippen LogP contribution in [0.3, 0.4) is 0 Å². The maximum atomic E-state index is 14.0. The topological polar surface area (TPSA) is 89.3 Å². The highest BCUT2D eigenvalue weighted by atomic mass is 32.1. The van der Waals surface area contributed by atoms with Crippen molar-refractivity contribution in [1.29, 1.82) is 0 Å². The third kappa shape index (κ3) is 3.09. The molecule has 3 heterocycles. The van der Waals surface area contributed by atoms with E-state index in [9.17, 15) is 9.18 Å². The van der Waals surface area contributed by atoms with Gasteiger partial charge in [-0.05, 0) is 12.1 Å². The Morgan fingerprint density at radius 2 is 2.08 bits per heavy atom. The molecule has 0 saturated heterocycles. The van der Waals surface area contributed by atoms with E-state index in [2.05, 4.69) is 25.3 Å². The van der Waals surface area contributed by atoms with Crippen molar-refractivity contribution in [2.45, 2.75) is 6.54 Å². The van der Waals surface area contributed by atoms with Gasteiger partial charge in [0.15, 0.2) is 10.8 Å². The van der Waals surface area contributed by atoms with Crippen LogP contribution in [0.5, 0.6) is 0 Å². The number of thiazole rings is 1. The van der Waals surface area contributed by atoms with E-state index < -0.39 is 0 Å². The molecule has 0 atom stereocenters. The highest BCUT2D eigenvalue weighted by molar-refractivity contribution is 7.13. The number of hydrogen-bond acceptors (Lipinski definition) is 6. The second-order valence-electron chi connectivity index (χ2n) is 5.15. The summed E-state index contributed by atoms with van der Waals surface area (Å²) in [6, 6.07) is 9.37. The minimum Gasteiger partial charge on any atom is -0.268 e. The zero-order chi connectivity index (χ0) is 17.2. The summed E-state index contributed by atoms with van der Waals surface area (Å²) in [5, 5.41) is 13.3. The van der Waals surface area contributed by atoms with Crippen molar-refractivity contribution >= 4 is 11.3 Å². The van der Waals surface area contributed by atoms with E-state index in [1.807, 2.05) is 5.38 Å². The Bertz CT molecular complexity index is 1050. The Morgan fingerprint density at radius 3 is 2.80 bits per heavy atom. The van der Waals surface area contributed by atoms with Gasteiger partial charge in [-0.25, -0.2) is 24.1 Å². The lowest BCUT2D eigenvalue weighted by Gasteiger charge is -2.06. The molecular formula is C16H11FN6OS. The zero-order valence-corrected chi connectivity index (χ0v) is 13.6. The zero-order valence-electron chi connectivity index (χ0n) is 12.8. The van der Waals surface area contributed by atoms with Crippen LogP contribution < -0.4 is 5.56 Å². The van der Waals surface area contributed by atoms with Crippen LogP contribution in [-0.4, -0.2) is 29.9 Å². The molecule has 4 aromatic rings. The fraction of sp³-hybridized carbons (Fsp3) is 0.0625. The SMILES string of the molecule is O=c1ccc(-c2nc(-c3nccs3)nn2Cc2ccccc2F)n[nH]1. The van der Waals surface area contributed by atoms with Gasteiger partial charge in [-0.2, -0.15) is 5.10 Å². The van der Waals surface area contributed by atoms with E-state index >= 15 is 0 Å². The highest BCUT2D eigenvalue weighted by Crippen LogP contribution is 2.23. The summed E-state index contributed by atoms with van der Waals surface area (Å²) < 4.78 is 15.6. The van der Waals surface area contributed by atoms with Crippen molar-refractivity contribution in [3.63, 3.8) is 0 Å². The molecule has 0 bridgehead atoms. The van der Waals surface area contributed by atoms with E-state index in [1.54, 1.807) is 35.1 Å². The molecule has 4 rings (SSSR count). The van der Waals surface area contributed by atoms with E-state index in [0.717, 1.165) is 0 Å². The number of nitrogens with one attached hydrogen (secondary N) is 1. The van der Waals surface area contributed by atoms with Gasteiger partial charge in [0.25, 0.3) is 5.56 Å². The van der Waals surface area contributed by atoms with Gasteiger partial charge in [0.1, 0.15) is 11.5 Å². The molecular weight excluding hydrogens is 343 g/mol. The Labute approximate surface area is 144 Å². The predicted molar refractivity (Wildman–Crippen MR) is 90.5 cm³/mol. The van der Waals surface area contributed by atoms with Crippen molar-refractivity contribution in [1.82, 2.24) is 29.9 Å². The van der Waals surface area contributed by atoms with Gasteiger partial charge < -0.3 is 0 Å². The summed E-state index contributed by atoms with van der Waals surface area (Å²) in [5.74, 6) is 0.521. The van der Waals surface area contributed by atoms with Crippen LogP contribution in [-0.2, 0) is 6.54 Å². The number of rotatable bonds is 4. The van der Waals surface area contributed by atoms with Gasteiger partial charge in [0.05, 0.1) is 6.54 Å². The monoisotopic (exact) mass is 354 g/mol. The second kappa shape index (κ2) is 6.36. The summed E-state index contributed by atoms with van der Waals surface area (Å²) in [6.07, 6.45) is 1.66. The highest BCUT2D eigenvalue weighted by Gasteiger charge is 2.17. The number of benzene rings is 1. The molecule has 1 aromatic carbocycles. The first kappa shape index (κ1) is 15.3. The molecule has 0 aliphatic rings. The standard InChI is InChI=1S/C16H11FN6OS/c17-11-4-2-1-3-10(11)9-23-15(12-5-6-13(24)21-20-12)19-14(22-23)16-18-7-8-25-16/h1-8H,9H2,(H,21,24). The van der Waals surface area contributed by atoms with Gasteiger partial charge in [-0.3, -0.25) is 4.79 Å². The van der Waals surface area contributed by atoms with Crippen molar-refractivity contribution in [2.75, 3.05) is 0 Å². The van der Waals surface area contributed by atoms with Crippen LogP contribution >= 0.6 is 11.3 Å². The molecule has 0 radical (unpaired) electrons. The first-order chi connectivity index (χ1) is 12.2. The lowest BCUT2D eigenvalue weighted by Crippen LogP contribution is -2.10. The third-order valence-electron chi connectivity index (χ3n) is 3.48. The minimum atomic E-state index is -0.325. The summed E-state index contributed by atoms with van der Waals surface area (Å²) in [7, 11) is 0. The molecule has 1 N–H and O–H groups in total. The van der Waals surface area contributed by atoms with Crippen molar-refractivity contribution in [3.8, 4) is 22.4 Å². The van der Waals surface area contributed by atoms with Gasteiger partial charge in [-0.1, -0.05) is 18.2 Å². The maximum absolute atomic E-state index is 14.0. The van der Waals surface area contributed by atoms with Crippen molar-refractivity contribution in [2.24, 2.45) is 0 Å². The normalized spacial score (nSPS) is 10.9. The Hall–Kier alpha value is -3.20. The molecule has 0 fully saturated rings. The number of hydrogen-bond donors (Lipinski definition) is 1. The fourth-order valence-corrected chi connectivity index (χ4v) is 2.89. The number of aromatic nitrogens is 6. The second-order valence-corrected chi connectivity index (χ2v) is 6.05. The molecule has 0 amide bonds. The molecule has 9 heteroatoms. The Balaban J connectivity index is 1.82. The number of nitrogens with zero attached hydrogens (tertiary/aromatic N) is 5. The van der Waals surface area contributed by atoms with Crippen LogP contribution in [0.25, 0.3) is 22.4 Å². The van der Waals surface area contributed by atoms with E-state index in [-0.39, 0.29) is 17.9 Å². The Kier molecular flexibility index (Phi) is 3.90. The molecule has 0 aliphatic heterocycles. The van der Waals surface area contributed by atoms with Gasteiger partial charge in [-0.15, -0.1) is 16.4 Å². The van der Waals surface area contributed by atoms with Crippen LogP contribution in [0.15, 0.2) is 52.8 Å². The molecule has 0 spiro atoms. The first-order valence-corrected chi connectivity index (χ1v) is 8.23. The third-order valence-corrected chi connectivity index (χ3v) is 4.25. The smallest absolute Gasteiger partial charge is 0.264 e. The lowest BCUT2D eigenvalue weighted by atomic mass is 10.2. The largest absolute Gasteiger partial charge is 0.268 e. The quantitative estimate of drug-likeness (QED) is 0.608. The summed E-state index contributed by atoms with van der Waals surface area (Å²) in [6.45, 7) is 0.182. The molecule has 0 saturated carbocycles. The summed E-state index contributed by atoms with van der Waals surface area (Å²) in [5.41, 5.74) is 0.596. The summed E-state index contributed by atoms with van der Waals surface area (Å²) >= 11 is 1.40. The molecule has 0 unspecified atom stereocenters. The van der Waals surface area contributed by atoms with E-state index in [1.165, 1.54) is 23.5 Å². The van der Waals surface area contributed by atoms with Crippen molar-refractivity contribution in [3.05, 3.63) is 69.7 Å². The van der Waals surface area contributed by atoms with Crippen LogP contribution in [0.1, 0.15) is 5.56 Å². The molecule has 3 aromatic heterocycles. The molecule has 124 valence electrons. The minimum absolute atomic E-state index is 0.182. The first-order valence-electron chi connectivity index (χ1n) is 7.35. The maximum Gasteiger partial charge on any atom is 0.264 e. The van der Waals surface area contributed by atoms with Crippen LogP contribution in [0.4, 0.5) is 4.39 Å². The van der Waals surface area contributed by atoms with Gasteiger partial charge in [0.2, 0.25) is 5.82 Å². The predicted octanol–water partition coefficient (Wildman–Crippen LogP) is 2.34.